The van der Waals surface area contributed by atoms with Gasteiger partial charge in [0.25, 0.3) is 5.91 Å². The van der Waals surface area contributed by atoms with Crippen LogP contribution >= 0.6 is 0 Å². The van der Waals surface area contributed by atoms with Crippen molar-refractivity contribution in [1.29, 1.82) is 0 Å². The maximum absolute atomic E-state index is 15.6. The molecule has 0 radical (unpaired) electrons. The highest BCUT2D eigenvalue weighted by Crippen LogP contribution is 2.38. The molecule has 2 aromatic carbocycles. The van der Waals surface area contributed by atoms with Crippen LogP contribution in [0.25, 0.3) is 33.2 Å². The summed E-state index contributed by atoms with van der Waals surface area (Å²) < 4.78 is 17.6. The van der Waals surface area contributed by atoms with Gasteiger partial charge in [0.2, 0.25) is 0 Å². The van der Waals surface area contributed by atoms with Crippen LogP contribution in [0.2, 0.25) is 0 Å². The molecule has 8 nitrogen and oxygen atoms in total. The van der Waals surface area contributed by atoms with E-state index >= 15 is 4.39 Å². The number of halogens is 1. The van der Waals surface area contributed by atoms with E-state index in [1.807, 2.05) is 42.7 Å². The Kier molecular flexibility index (Phi) is 6.19. The fourth-order valence-corrected chi connectivity index (χ4v) is 5.25. The molecular weight excluding hydrogens is 445 g/mol. The SMILES string of the molecule is CN(C)CCN(C)c1cc(-c2cc(F)c3c(c2)ncn3C2CCCCC2)c2nc[nH]c2c1C(N)=O. The van der Waals surface area contributed by atoms with Gasteiger partial charge in [-0.3, -0.25) is 4.79 Å². The van der Waals surface area contributed by atoms with Gasteiger partial charge < -0.3 is 25.1 Å². The van der Waals surface area contributed by atoms with Crippen LogP contribution in [-0.4, -0.2) is 64.6 Å². The lowest BCUT2D eigenvalue weighted by Gasteiger charge is -2.25. The van der Waals surface area contributed by atoms with E-state index in [-0.39, 0.29) is 5.82 Å². The lowest BCUT2D eigenvalue weighted by Crippen LogP contribution is -2.30. The van der Waals surface area contributed by atoms with Crippen LogP contribution in [0.4, 0.5) is 10.1 Å². The first-order valence-corrected chi connectivity index (χ1v) is 12.2. The van der Waals surface area contributed by atoms with Crippen LogP contribution in [0.5, 0.6) is 0 Å². The summed E-state index contributed by atoms with van der Waals surface area (Å²) in [5, 5.41) is 0. The van der Waals surface area contributed by atoms with Gasteiger partial charge in [0.15, 0.2) is 0 Å². The number of amides is 1. The van der Waals surface area contributed by atoms with Crippen molar-refractivity contribution in [3.63, 3.8) is 0 Å². The number of aromatic nitrogens is 4. The summed E-state index contributed by atoms with van der Waals surface area (Å²) in [5.74, 6) is -0.837. The van der Waals surface area contributed by atoms with Gasteiger partial charge in [0.05, 0.1) is 40.5 Å². The number of nitrogens with one attached hydrogen (secondary N) is 1. The molecule has 0 spiro atoms. The van der Waals surface area contributed by atoms with Crippen molar-refractivity contribution in [3.05, 3.63) is 42.2 Å². The third kappa shape index (κ3) is 4.25. The number of aromatic amines is 1. The quantitative estimate of drug-likeness (QED) is 0.413. The average Bonchev–Trinajstić information content (AvgIpc) is 3.49. The zero-order valence-corrected chi connectivity index (χ0v) is 20.5. The standard InChI is InChI=1S/C26H32FN7O/c1-32(2)9-10-33(3)21-13-18(23-24(30-14-29-23)22(21)26(28)35)16-11-19(27)25-20(12-16)31-15-34(25)17-7-5-4-6-8-17/h11-15,17H,4-10H2,1-3H3,(H2,28,35)(H,29,30). The summed E-state index contributed by atoms with van der Waals surface area (Å²) >= 11 is 0. The third-order valence-electron chi connectivity index (χ3n) is 7.12. The van der Waals surface area contributed by atoms with Crippen LogP contribution in [0.15, 0.2) is 30.9 Å². The number of carbonyl (C=O) groups is 1. The fourth-order valence-electron chi connectivity index (χ4n) is 5.25. The first-order valence-electron chi connectivity index (χ1n) is 12.2. The molecule has 1 amide bonds. The molecule has 1 fully saturated rings. The molecule has 184 valence electrons. The number of likely N-dealkylation sites (N-methyl/N-ethyl adjacent to an activating group) is 2. The molecule has 0 bridgehead atoms. The summed E-state index contributed by atoms with van der Waals surface area (Å²) in [6, 6.07) is 5.64. The molecule has 0 saturated heterocycles. The zero-order chi connectivity index (χ0) is 24.7. The Morgan fingerprint density at radius 3 is 2.63 bits per heavy atom. The number of fused-ring (bicyclic) bond motifs is 2. The molecule has 0 aliphatic heterocycles. The lowest BCUT2D eigenvalue weighted by atomic mass is 9.95. The minimum atomic E-state index is -0.537. The van der Waals surface area contributed by atoms with Gasteiger partial charge in [-0.15, -0.1) is 0 Å². The predicted octanol–water partition coefficient (Wildman–Crippen LogP) is 4.32. The minimum Gasteiger partial charge on any atom is -0.373 e. The van der Waals surface area contributed by atoms with Crippen LogP contribution in [-0.2, 0) is 0 Å². The molecule has 1 aliphatic carbocycles. The topological polar surface area (TPSA) is 96.1 Å². The predicted molar refractivity (Wildman–Crippen MR) is 137 cm³/mol. The highest BCUT2D eigenvalue weighted by Gasteiger charge is 2.24. The number of anilines is 1. The van der Waals surface area contributed by atoms with Gasteiger partial charge in [-0.05, 0) is 50.7 Å². The zero-order valence-electron chi connectivity index (χ0n) is 20.5. The number of nitrogens with two attached hydrogens (primary N) is 1. The second-order valence-electron chi connectivity index (χ2n) is 9.80. The van der Waals surface area contributed by atoms with E-state index in [1.165, 1.54) is 12.7 Å². The highest BCUT2D eigenvalue weighted by atomic mass is 19.1. The Labute approximate surface area is 203 Å². The first-order chi connectivity index (χ1) is 16.8. The van der Waals surface area contributed by atoms with Crippen molar-refractivity contribution in [1.82, 2.24) is 24.4 Å². The van der Waals surface area contributed by atoms with E-state index in [4.69, 9.17) is 5.73 Å². The summed E-state index contributed by atoms with van der Waals surface area (Å²) in [6.45, 7) is 1.48. The molecule has 5 rings (SSSR count). The van der Waals surface area contributed by atoms with Gasteiger partial charge in [-0.1, -0.05) is 19.3 Å². The Hall–Kier alpha value is -3.46. The van der Waals surface area contributed by atoms with Crippen molar-refractivity contribution in [3.8, 4) is 11.1 Å². The van der Waals surface area contributed by atoms with E-state index < -0.39 is 5.91 Å². The maximum atomic E-state index is 15.6. The Morgan fingerprint density at radius 1 is 1.14 bits per heavy atom. The molecule has 0 unspecified atom stereocenters. The number of nitrogens with zero attached hydrogens (tertiary/aromatic N) is 5. The fraction of sp³-hybridized carbons (Fsp3) is 0.423. The van der Waals surface area contributed by atoms with Gasteiger partial charge in [-0.2, -0.15) is 0 Å². The number of benzene rings is 2. The van der Waals surface area contributed by atoms with Gasteiger partial charge >= 0.3 is 0 Å². The van der Waals surface area contributed by atoms with Crippen molar-refractivity contribution in [2.24, 2.45) is 5.73 Å². The van der Waals surface area contributed by atoms with Crippen molar-refractivity contribution < 1.29 is 9.18 Å². The second kappa shape index (κ2) is 9.30. The molecule has 2 aromatic heterocycles. The number of imidazole rings is 2. The molecule has 1 saturated carbocycles. The van der Waals surface area contributed by atoms with E-state index in [2.05, 4.69) is 19.9 Å². The maximum Gasteiger partial charge on any atom is 0.253 e. The molecule has 0 atom stereocenters. The summed E-state index contributed by atoms with van der Waals surface area (Å²) in [5.41, 5.74) is 10.6. The van der Waals surface area contributed by atoms with E-state index in [0.29, 0.717) is 51.5 Å². The summed E-state index contributed by atoms with van der Waals surface area (Å²) in [4.78, 5) is 28.6. The Bertz CT molecular complexity index is 1380. The summed E-state index contributed by atoms with van der Waals surface area (Å²) in [7, 11) is 5.92. The second-order valence-corrected chi connectivity index (χ2v) is 9.80. The molecule has 35 heavy (non-hydrogen) atoms. The van der Waals surface area contributed by atoms with Crippen LogP contribution in [0.3, 0.4) is 0 Å². The molecule has 4 aromatic rings. The molecule has 3 N–H and O–H groups in total. The van der Waals surface area contributed by atoms with Gasteiger partial charge in [0.1, 0.15) is 11.3 Å². The Balaban J connectivity index is 1.65. The Morgan fingerprint density at radius 2 is 1.91 bits per heavy atom. The van der Waals surface area contributed by atoms with E-state index in [9.17, 15) is 4.79 Å². The van der Waals surface area contributed by atoms with Gasteiger partial charge in [-0.25, -0.2) is 14.4 Å². The smallest absolute Gasteiger partial charge is 0.253 e. The minimum absolute atomic E-state index is 0.291. The van der Waals surface area contributed by atoms with Crippen molar-refractivity contribution >= 4 is 33.7 Å². The van der Waals surface area contributed by atoms with Crippen LogP contribution in [0, 0.1) is 5.82 Å². The number of rotatable bonds is 7. The summed E-state index contributed by atoms with van der Waals surface area (Å²) in [6.07, 6.45) is 8.98. The molecule has 1 aliphatic rings. The third-order valence-corrected chi connectivity index (χ3v) is 7.12. The number of H-pyrrole nitrogens is 1. The van der Waals surface area contributed by atoms with Crippen molar-refractivity contribution in [2.75, 3.05) is 39.1 Å². The van der Waals surface area contributed by atoms with Gasteiger partial charge in [0, 0.05) is 31.7 Å². The van der Waals surface area contributed by atoms with Crippen LogP contribution in [0.1, 0.15) is 48.5 Å². The molecular formula is C26H32FN7O. The number of primary amides is 1. The molecule has 9 heteroatoms. The lowest BCUT2D eigenvalue weighted by molar-refractivity contribution is 0.100. The average molecular weight is 478 g/mol. The largest absolute Gasteiger partial charge is 0.373 e. The number of hydrogen-bond acceptors (Lipinski definition) is 5. The molecule has 2 heterocycles. The normalized spacial score (nSPS) is 14.9. The highest BCUT2D eigenvalue weighted by molar-refractivity contribution is 6.13. The number of carbonyl (C=O) groups excluding carboxylic acids is 1. The van der Waals surface area contributed by atoms with Crippen molar-refractivity contribution in [2.45, 2.75) is 38.1 Å². The van der Waals surface area contributed by atoms with E-state index in [0.717, 1.165) is 37.8 Å². The van der Waals surface area contributed by atoms with Crippen LogP contribution < -0.4 is 10.6 Å². The first kappa shape index (κ1) is 23.3. The monoisotopic (exact) mass is 477 g/mol. The van der Waals surface area contributed by atoms with E-state index in [1.54, 1.807) is 12.4 Å². The number of hydrogen-bond donors (Lipinski definition) is 2.